The highest BCUT2D eigenvalue weighted by Gasteiger charge is 2.20. The lowest BCUT2D eigenvalue weighted by molar-refractivity contribution is -0.148. The maximum Gasteiger partial charge on any atom is 0.377 e. The molecule has 0 fully saturated rings. The van der Waals surface area contributed by atoms with Crippen LogP contribution in [-0.2, 0) is 23.8 Å². The molecule has 1 aromatic carbocycles. The van der Waals surface area contributed by atoms with Crippen LogP contribution < -0.4 is 4.90 Å². The van der Waals surface area contributed by atoms with Gasteiger partial charge in [0.2, 0.25) is 5.76 Å². The summed E-state index contributed by atoms with van der Waals surface area (Å²) in [7, 11) is 0. The van der Waals surface area contributed by atoms with Gasteiger partial charge in [-0.3, -0.25) is 4.79 Å². The fraction of sp³-hybridized carbons (Fsp3) is 0.333. The molecule has 6 heteroatoms. The highest BCUT2D eigenvalue weighted by atomic mass is 16.6. The van der Waals surface area contributed by atoms with Crippen LogP contribution in [0.1, 0.15) is 6.92 Å². The van der Waals surface area contributed by atoms with Crippen molar-refractivity contribution in [3.8, 4) is 0 Å². The van der Waals surface area contributed by atoms with E-state index in [2.05, 4.69) is 0 Å². The van der Waals surface area contributed by atoms with Gasteiger partial charge in [-0.25, -0.2) is 4.79 Å². The van der Waals surface area contributed by atoms with E-state index >= 15 is 0 Å². The molecule has 0 spiro atoms. The fourth-order valence-electron chi connectivity index (χ4n) is 1.86. The van der Waals surface area contributed by atoms with Crippen molar-refractivity contribution in [1.82, 2.24) is 0 Å². The van der Waals surface area contributed by atoms with Crippen molar-refractivity contribution in [2.75, 3.05) is 31.3 Å². The zero-order chi connectivity index (χ0) is 15.1. The third-order valence-corrected chi connectivity index (χ3v) is 2.86. The molecule has 0 bridgehead atoms. The largest absolute Gasteiger partial charge is 0.493 e. The average Bonchev–Trinajstić information content (AvgIpc) is 2.55. The molecule has 1 heterocycles. The number of likely N-dealkylation sites (N-methyl/N-ethyl adjacent to an activating group) is 1. The smallest absolute Gasteiger partial charge is 0.377 e. The summed E-state index contributed by atoms with van der Waals surface area (Å²) in [5.74, 6) is -1.02. The second-order valence-corrected chi connectivity index (χ2v) is 4.25. The monoisotopic (exact) mass is 291 g/mol. The third kappa shape index (κ3) is 3.98. The van der Waals surface area contributed by atoms with Crippen molar-refractivity contribution in [2.24, 2.45) is 0 Å². The molecule has 0 saturated carbocycles. The summed E-state index contributed by atoms with van der Waals surface area (Å²) >= 11 is 0. The minimum atomic E-state index is -0.702. The molecule has 1 aliphatic rings. The van der Waals surface area contributed by atoms with Gasteiger partial charge in [-0.15, -0.1) is 0 Å². The summed E-state index contributed by atoms with van der Waals surface area (Å²) < 4.78 is 15.0. The lowest BCUT2D eigenvalue weighted by atomic mass is 10.3. The number of anilines is 1. The predicted molar refractivity (Wildman–Crippen MR) is 75.4 cm³/mol. The fourth-order valence-corrected chi connectivity index (χ4v) is 1.86. The van der Waals surface area contributed by atoms with E-state index in [1.807, 2.05) is 37.3 Å². The molecule has 0 unspecified atom stereocenters. The van der Waals surface area contributed by atoms with Crippen molar-refractivity contribution in [3.63, 3.8) is 0 Å². The van der Waals surface area contributed by atoms with E-state index in [-0.39, 0.29) is 18.3 Å². The zero-order valence-corrected chi connectivity index (χ0v) is 11.8. The molecule has 2 rings (SSSR count). The Kier molecular flexibility index (Phi) is 5.20. The molecule has 0 saturated heterocycles. The first-order valence-corrected chi connectivity index (χ1v) is 6.69. The number of esters is 1. The van der Waals surface area contributed by atoms with Gasteiger partial charge in [-0.05, 0) is 19.1 Å². The van der Waals surface area contributed by atoms with E-state index < -0.39 is 5.97 Å². The SMILES string of the molecule is CCN(C(=O)COC(=O)C1=COCCO1)c1ccccc1. The topological polar surface area (TPSA) is 65.1 Å². The van der Waals surface area contributed by atoms with Crippen LogP contribution in [0.2, 0.25) is 0 Å². The second-order valence-electron chi connectivity index (χ2n) is 4.25. The highest BCUT2D eigenvalue weighted by molar-refractivity contribution is 5.96. The first kappa shape index (κ1) is 14.9. The van der Waals surface area contributed by atoms with Gasteiger partial charge in [0.25, 0.3) is 5.91 Å². The summed E-state index contributed by atoms with van der Waals surface area (Å²) in [5, 5.41) is 0. The Labute approximate surface area is 122 Å². The van der Waals surface area contributed by atoms with Crippen LogP contribution in [0.25, 0.3) is 0 Å². The Balaban J connectivity index is 1.91. The van der Waals surface area contributed by atoms with Gasteiger partial charge in [0, 0.05) is 12.2 Å². The molecule has 0 N–H and O–H groups in total. The number of hydrogen-bond acceptors (Lipinski definition) is 5. The molecule has 0 aliphatic carbocycles. The molecular formula is C15H17NO5. The van der Waals surface area contributed by atoms with Crippen LogP contribution in [-0.4, -0.2) is 38.2 Å². The molecule has 112 valence electrons. The summed E-state index contributed by atoms with van der Waals surface area (Å²) in [5.41, 5.74) is 0.762. The number of rotatable bonds is 5. The number of nitrogens with zero attached hydrogens (tertiary/aromatic N) is 1. The Hall–Kier alpha value is -2.50. The zero-order valence-electron chi connectivity index (χ0n) is 11.8. The molecule has 1 amide bonds. The number of para-hydroxylation sites is 1. The van der Waals surface area contributed by atoms with Crippen LogP contribution in [0.15, 0.2) is 42.4 Å². The maximum atomic E-state index is 12.1. The van der Waals surface area contributed by atoms with Crippen LogP contribution >= 0.6 is 0 Å². The van der Waals surface area contributed by atoms with Crippen LogP contribution in [0.3, 0.4) is 0 Å². The van der Waals surface area contributed by atoms with Gasteiger partial charge in [0.15, 0.2) is 6.61 Å². The van der Waals surface area contributed by atoms with E-state index in [1.165, 1.54) is 6.26 Å². The quantitative estimate of drug-likeness (QED) is 0.769. The van der Waals surface area contributed by atoms with Crippen molar-refractivity contribution >= 4 is 17.6 Å². The van der Waals surface area contributed by atoms with Gasteiger partial charge in [-0.1, -0.05) is 18.2 Å². The predicted octanol–water partition coefficient (Wildman–Crippen LogP) is 1.47. The second kappa shape index (κ2) is 7.33. The number of hydrogen-bond donors (Lipinski definition) is 0. The van der Waals surface area contributed by atoms with Crippen LogP contribution in [0.5, 0.6) is 0 Å². The maximum absolute atomic E-state index is 12.1. The molecule has 0 atom stereocenters. The summed E-state index contributed by atoms with van der Waals surface area (Å²) in [6.45, 7) is 2.69. The Morgan fingerprint density at radius 1 is 1.24 bits per heavy atom. The van der Waals surface area contributed by atoms with E-state index in [4.69, 9.17) is 14.2 Å². The van der Waals surface area contributed by atoms with E-state index in [1.54, 1.807) is 4.90 Å². The van der Waals surface area contributed by atoms with Gasteiger partial charge in [0.1, 0.15) is 19.5 Å². The molecule has 6 nitrogen and oxygen atoms in total. The summed E-state index contributed by atoms with van der Waals surface area (Å²) in [6.07, 6.45) is 1.20. The summed E-state index contributed by atoms with van der Waals surface area (Å²) in [6, 6.07) is 9.20. The van der Waals surface area contributed by atoms with Gasteiger partial charge in [-0.2, -0.15) is 0 Å². The molecular weight excluding hydrogens is 274 g/mol. The Bertz CT molecular complexity index is 526. The standard InChI is InChI=1S/C15H17NO5/c1-2-16(12-6-4-3-5-7-12)14(17)11-21-15(18)13-10-19-8-9-20-13/h3-7,10H,2,8-9,11H2,1H3. The minimum absolute atomic E-state index is 0.0168. The van der Waals surface area contributed by atoms with Gasteiger partial charge >= 0.3 is 5.97 Å². The normalized spacial score (nSPS) is 13.5. The first-order chi connectivity index (χ1) is 10.2. The molecule has 0 aromatic heterocycles. The Morgan fingerprint density at radius 3 is 2.62 bits per heavy atom. The van der Waals surface area contributed by atoms with Crippen molar-refractivity contribution < 1.29 is 23.8 Å². The first-order valence-electron chi connectivity index (χ1n) is 6.69. The van der Waals surface area contributed by atoms with E-state index in [0.717, 1.165) is 5.69 Å². The van der Waals surface area contributed by atoms with Crippen molar-refractivity contribution in [2.45, 2.75) is 6.92 Å². The van der Waals surface area contributed by atoms with E-state index in [0.29, 0.717) is 19.8 Å². The molecule has 1 aliphatic heterocycles. The van der Waals surface area contributed by atoms with Crippen LogP contribution in [0, 0.1) is 0 Å². The van der Waals surface area contributed by atoms with Crippen molar-refractivity contribution in [1.29, 1.82) is 0 Å². The number of carbonyl (C=O) groups is 2. The van der Waals surface area contributed by atoms with E-state index in [9.17, 15) is 9.59 Å². The minimum Gasteiger partial charge on any atom is -0.493 e. The molecule has 21 heavy (non-hydrogen) atoms. The summed E-state index contributed by atoms with van der Waals surface area (Å²) in [4.78, 5) is 25.3. The average molecular weight is 291 g/mol. The number of amides is 1. The number of ether oxygens (including phenoxy) is 3. The molecule has 0 radical (unpaired) electrons. The third-order valence-electron chi connectivity index (χ3n) is 2.86. The Morgan fingerprint density at radius 2 is 2.00 bits per heavy atom. The van der Waals surface area contributed by atoms with Gasteiger partial charge < -0.3 is 19.1 Å². The highest BCUT2D eigenvalue weighted by Crippen LogP contribution is 2.13. The van der Waals surface area contributed by atoms with Crippen LogP contribution in [0.4, 0.5) is 5.69 Å². The number of carbonyl (C=O) groups excluding carboxylic acids is 2. The lowest BCUT2D eigenvalue weighted by Gasteiger charge is -2.21. The lowest BCUT2D eigenvalue weighted by Crippen LogP contribution is -2.35. The molecule has 1 aromatic rings. The van der Waals surface area contributed by atoms with Gasteiger partial charge in [0.05, 0.1) is 0 Å². The van der Waals surface area contributed by atoms with Crippen molar-refractivity contribution in [3.05, 3.63) is 42.4 Å². The number of benzene rings is 1.